The van der Waals surface area contributed by atoms with E-state index >= 15 is 0 Å². The molecule has 1 aliphatic carbocycles. The fourth-order valence-corrected chi connectivity index (χ4v) is 3.84. The quantitative estimate of drug-likeness (QED) is 0.663. The minimum Gasteiger partial charge on any atom is -0.464 e. The molecule has 2 aliphatic rings. The zero-order chi connectivity index (χ0) is 19.4. The van der Waals surface area contributed by atoms with Crippen LogP contribution in [0.5, 0.6) is 0 Å². The number of esters is 1. The molecule has 1 atom stereocenters. The molecule has 1 amide bonds. The van der Waals surface area contributed by atoms with E-state index in [1.165, 1.54) is 6.07 Å². The van der Waals surface area contributed by atoms with Crippen molar-refractivity contribution >= 4 is 23.5 Å². The van der Waals surface area contributed by atoms with Gasteiger partial charge in [0.1, 0.15) is 11.9 Å². The summed E-state index contributed by atoms with van der Waals surface area (Å²) in [6.07, 6.45) is 4.39. The molecule has 1 aromatic rings. The van der Waals surface area contributed by atoms with Crippen LogP contribution < -0.4 is 0 Å². The highest BCUT2D eigenvalue weighted by Gasteiger charge is 2.36. The molecule has 0 aromatic heterocycles. The van der Waals surface area contributed by atoms with Gasteiger partial charge in [0.25, 0.3) is 0 Å². The molecule has 1 saturated heterocycles. The molecule has 1 unspecified atom stereocenters. The van der Waals surface area contributed by atoms with E-state index in [2.05, 4.69) is 0 Å². The summed E-state index contributed by atoms with van der Waals surface area (Å²) in [6.45, 7) is 3.07. The summed E-state index contributed by atoms with van der Waals surface area (Å²) in [6, 6.07) is 4.37. The standard InChI is InChI=1S/C20H26ClFN2O3/c1-2-27-20(26)18-8-3-4-11-24(18)19(25)13-23(14-9-10-14)12-15-16(21)6-5-7-17(15)22/h5-7,14,18H,2-4,8-13H2,1H3. The Balaban J connectivity index is 1.70. The number of piperidine rings is 1. The number of carbonyl (C=O) groups excluding carboxylic acids is 2. The SMILES string of the molecule is CCOC(=O)C1CCCCN1C(=O)CN(Cc1c(F)cccc1Cl)C1CC1. The van der Waals surface area contributed by atoms with Crippen molar-refractivity contribution in [3.05, 3.63) is 34.6 Å². The summed E-state index contributed by atoms with van der Waals surface area (Å²) in [5.41, 5.74) is 0.416. The van der Waals surface area contributed by atoms with E-state index in [-0.39, 0.29) is 30.3 Å². The van der Waals surface area contributed by atoms with Crippen LogP contribution in [0.2, 0.25) is 5.02 Å². The first kappa shape index (κ1) is 20.1. The minimum atomic E-state index is -0.510. The van der Waals surface area contributed by atoms with E-state index in [1.807, 2.05) is 4.90 Å². The third-order valence-corrected chi connectivity index (χ3v) is 5.56. The second-order valence-electron chi connectivity index (χ2n) is 7.19. The predicted molar refractivity (Wildman–Crippen MR) is 101 cm³/mol. The fraction of sp³-hybridized carbons (Fsp3) is 0.600. The van der Waals surface area contributed by atoms with Gasteiger partial charge in [-0.3, -0.25) is 9.69 Å². The van der Waals surface area contributed by atoms with Crippen LogP contribution >= 0.6 is 11.6 Å². The highest BCUT2D eigenvalue weighted by atomic mass is 35.5. The molecule has 1 aromatic carbocycles. The topological polar surface area (TPSA) is 49.9 Å². The number of rotatable bonds is 7. The Morgan fingerprint density at radius 1 is 1.30 bits per heavy atom. The van der Waals surface area contributed by atoms with E-state index in [9.17, 15) is 14.0 Å². The zero-order valence-electron chi connectivity index (χ0n) is 15.6. The third-order valence-electron chi connectivity index (χ3n) is 5.21. The summed E-state index contributed by atoms with van der Waals surface area (Å²) >= 11 is 6.16. The molecular formula is C20H26ClFN2O3. The van der Waals surface area contributed by atoms with Crippen LogP contribution in [0, 0.1) is 5.82 Å². The zero-order valence-corrected chi connectivity index (χ0v) is 16.4. The Hall–Kier alpha value is -1.66. The Bertz CT molecular complexity index is 676. The van der Waals surface area contributed by atoms with E-state index in [4.69, 9.17) is 16.3 Å². The Kier molecular flexibility index (Phi) is 6.71. The maximum absolute atomic E-state index is 14.2. The molecule has 2 fully saturated rings. The van der Waals surface area contributed by atoms with Crippen LogP contribution in [0.15, 0.2) is 18.2 Å². The summed E-state index contributed by atoms with van der Waals surface area (Å²) in [5, 5.41) is 0.371. The van der Waals surface area contributed by atoms with Gasteiger partial charge in [-0.2, -0.15) is 0 Å². The largest absolute Gasteiger partial charge is 0.464 e. The first-order valence-electron chi connectivity index (χ1n) is 9.64. The van der Waals surface area contributed by atoms with Crippen molar-refractivity contribution in [2.24, 2.45) is 0 Å². The number of carbonyl (C=O) groups is 2. The lowest BCUT2D eigenvalue weighted by Crippen LogP contribution is -2.51. The molecule has 7 heteroatoms. The van der Waals surface area contributed by atoms with E-state index < -0.39 is 6.04 Å². The smallest absolute Gasteiger partial charge is 0.328 e. The molecule has 0 bridgehead atoms. The molecule has 5 nitrogen and oxygen atoms in total. The molecule has 0 radical (unpaired) electrons. The van der Waals surface area contributed by atoms with Gasteiger partial charge in [-0.15, -0.1) is 0 Å². The highest BCUT2D eigenvalue weighted by molar-refractivity contribution is 6.31. The molecular weight excluding hydrogens is 371 g/mol. The average molecular weight is 397 g/mol. The maximum Gasteiger partial charge on any atom is 0.328 e. The Morgan fingerprint density at radius 3 is 2.74 bits per heavy atom. The molecule has 0 spiro atoms. The van der Waals surface area contributed by atoms with Gasteiger partial charge in [-0.05, 0) is 51.2 Å². The van der Waals surface area contributed by atoms with Crippen molar-refractivity contribution in [3.63, 3.8) is 0 Å². The molecule has 0 N–H and O–H groups in total. The molecule has 27 heavy (non-hydrogen) atoms. The van der Waals surface area contributed by atoms with E-state index in [0.29, 0.717) is 36.7 Å². The number of likely N-dealkylation sites (tertiary alicyclic amines) is 1. The van der Waals surface area contributed by atoms with Crippen molar-refractivity contribution in [2.75, 3.05) is 19.7 Å². The van der Waals surface area contributed by atoms with Crippen LogP contribution in [-0.2, 0) is 20.9 Å². The normalized spacial score (nSPS) is 20.0. The predicted octanol–water partition coefficient (Wildman–Crippen LogP) is 3.39. The van der Waals surface area contributed by atoms with Crippen LogP contribution in [0.25, 0.3) is 0 Å². The van der Waals surface area contributed by atoms with Crippen molar-refractivity contribution in [1.82, 2.24) is 9.80 Å². The van der Waals surface area contributed by atoms with Gasteiger partial charge in [-0.25, -0.2) is 9.18 Å². The van der Waals surface area contributed by atoms with Crippen molar-refractivity contribution in [2.45, 2.75) is 57.7 Å². The van der Waals surface area contributed by atoms with Gasteiger partial charge in [0.05, 0.1) is 13.2 Å². The van der Waals surface area contributed by atoms with Crippen molar-refractivity contribution in [1.29, 1.82) is 0 Å². The monoisotopic (exact) mass is 396 g/mol. The van der Waals surface area contributed by atoms with Crippen molar-refractivity contribution < 1.29 is 18.7 Å². The molecule has 148 valence electrons. The highest BCUT2D eigenvalue weighted by Crippen LogP contribution is 2.31. The van der Waals surface area contributed by atoms with Crippen LogP contribution in [-0.4, -0.2) is 53.5 Å². The fourth-order valence-electron chi connectivity index (χ4n) is 3.62. The minimum absolute atomic E-state index is 0.105. The van der Waals surface area contributed by atoms with Gasteiger partial charge < -0.3 is 9.64 Å². The molecule has 1 heterocycles. The Morgan fingerprint density at radius 2 is 2.07 bits per heavy atom. The lowest BCUT2D eigenvalue weighted by molar-refractivity contribution is -0.157. The van der Waals surface area contributed by atoms with Gasteiger partial charge in [0.2, 0.25) is 5.91 Å². The first-order chi connectivity index (χ1) is 13.0. The number of amides is 1. The number of benzene rings is 1. The number of halogens is 2. The van der Waals surface area contributed by atoms with Gasteiger partial charge in [-0.1, -0.05) is 17.7 Å². The first-order valence-corrected chi connectivity index (χ1v) is 10.0. The van der Waals surface area contributed by atoms with Crippen LogP contribution in [0.3, 0.4) is 0 Å². The second-order valence-corrected chi connectivity index (χ2v) is 7.59. The summed E-state index contributed by atoms with van der Waals surface area (Å²) < 4.78 is 19.3. The summed E-state index contributed by atoms with van der Waals surface area (Å²) in [5.74, 6) is -0.796. The number of hydrogen-bond donors (Lipinski definition) is 0. The maximum atomic E-state index is 14.2. The van der Waals surface area contributed by atoms with Crippen molar-refractivity contribution in [3.8, 4) is 0 Å². The van der Waals surface area contributed by atoms with Crippen LogP contribution in [0.4, 0.5) is 4.39 Å². The van der Waals surface area contributed by atoms with E-state index in [1.54, 1.807) is 24.0 Å². The average Bonchev–Trinajstić information content (AvgIpc) is 3.49. The summed E-state index contributed by atoms with van der Waals surface area (Å²) in [7, 11) is 0. The number of hydrogen-bond acceptors (Lipinski definition) is 4. The number of ether oxygens (including phenoxy) is 1. The van der Waals surface area contributed by atoms with Crippen LogP contribution in [0.1, 0.15) is 44.6 Å². The van der Waals surface area contributed by atoms with Gasteiger partial charge in [0, 0.05) is 29.7 Å². The van der Waals surface area contributed by atoms with E-state index in [0.717, 1.165) is 25.7 Å². The molecule has 1 saturated carbocycles. The third kappa shape index (κ3) is 4.99. The summed E-state index contributed by atoms with van der Waals surface area (Å²) in [4.78, 5) is 28.8. The number of nitrogens with zero attached hydrogens (tertiary/aromatic N) is 2. The molecule has 3 rings (SSSR count). The molecule has 1 aliphatic heterocycles. The van der Waals surface area contributed by atoms with Gasteiger partial charge in [0.15, 0.2) is 0 Å². The lowest BCUT2D eigenvalue weighted by Gasteiger charge is -2.35. The second kappa shape index (κ2) is 9.02. The Labute approximate surface area is 164 Å². The van der Waals surface area contributed by atoms with Gasteiger partial charge >= 0.3 is 5.97 Å². The lowest BCUT2D eigenvalue weighted by atomic mass is 10.0.